The van der Waals surface area contributed by atoms with E-state index in [1.165, 1.54) is 11.3 Å². The van der Waals surface area contributed by atoms with Gasteiger partial charge in [-0.1, -0.05) is 0 Å². The zero-order valence-electron chi connectivity index (χ0n) is 15.2. The summed E-state index contributed by atoms with van der Waals surface area (Å²) in [4.78, 5) is 34.6. The van der Waals surface area contributed by atoms with Crippen LogP contribution in [0.4, 0.5) is 5.13 Å². The first-order chi connectivity index (χ1) is 12.9. The number of piperazine rings is 1. The van der Waals surface area contributed by atoms with Gasteiger partial charge in [-0.25, -0.2) is 13.4 Å². The van der Waals surface area contributed by atoms with Crippen molar-refractivity contribution in [2.24, 2.45) is 0 Å². The summed E-state index contributed by atoms with van der Waals surface area (Å²) in [5, 5.41) is 2.55. The van der Waals surface area contributed by atoms with Crippen molar-refractivity contribution in [1.29, 1.82) is 0 Å². The minimum absolute atomic E-state index is 0.0401. The summed E-state index contributed by atoms with van der Waals surface area (Å²) < 4.78 is 23.3. The lowest BCUT2D eigenvalue weighted by molar-refractivity contribution is -0.132. The fourth-order valence-electron chi connectivity index (χ4n) is 4.02. The monoisotopic (exact) mass is 412 g/mol. The van der Waals surface area contributed by atoms with Crippen LogP contribution in [0.5, 0.6) is 0 Å². The number of thiazole rings is 1. The molecule has 0 spiro atoms. The Morgan fingerprint density at radius 2 is 2.00 bits per heavy atom. The second-order valence-electron chi connectivity index (χ2n) is 7.42. The molecule has 4 heterocycles. The first-order valence-corrected chi connectivity index (χ1v) is 12.1. The normalized spacial score (nSPS) is 26.1. The molecule has 0 bridgehead atoms. The van der Waals surface area contributed by atoms with Crippen LogP contribution in [0.3, 0.4) is 0 Å². The maximum absolute atomic E-state index is 12.6. The molecular formula is C17H24N4O4S2. The Morgan fingerprint density at radius 3 is 2.63 bits per heavy atom. The van der Waals surface area contributed by atoms with Crippen molar-refractivity contribution in [1.82, 2.24) is 14.8 Å². The van der Waals surface area contributed by atoms with E-state index in [4.69, 9.17) is 0 Å². The molecule has 3 aliphatic rings. The van der Waals surface area contributed by atoms with E-state index in [-0.39, 0.29) is 35.8 Å². The minimum Gasteiger partial charge on any atom is -0.340 e. The predicted molar refractivity (Wildman–Crippen MR) is 103 cm³/mol. The van der Waals surface area contributed by atoms with Crippen molar-refractivity contribution >= 4 is 38.1 Å². The van der Waals surface area contributed by atoms with E-state index >= 15 is 0 Å². The molecule has 10 heteroatoms. The highest BCUT2D eigenvalue weighted by Crippen LogP contribution is 2.26. The average Bonchev–Trinajstić information content (AvgIpc) is 3.35. The third kappa shape index (κ3) is 4.17. The Bertz CT molecular complexity index is 830. The molecule has 0 N–H and O–H groups in total. The first kappa shape index (κ1) is 18.8. The summed E-state index contributed by atoms with van der Waals surface area (Å²) in [5.41, 5.74) is 0.712. The summed E-state index contributed by atoms with van der Waals surface area (Å²) in [5.74, 6) is 0.672. The highest BCUT2D eigenvalue weighted by Gasteiger charge is 2.34. The lowest BCUT2D eigenvalue weighted by atomic mass is 10.2. The highest BCUT2D eigenvalue weighted by molar-refractivity contribution is 7.91. The molecular weight excluding hydrogens is 388 g/mol. The SMILES string of the molecule is O=C(Cc1csc(N2CCCC2=O)n1)N1CCN([C@@H]2CCS(=O)(=O)C2)CC1. The number of carbonyl (C=O) groups is 2. The molecule has 2 amide bonds. The summed E-state index contributed by atoms with van der Waals surface area (Å²) in [6.45, 7) is 3.39. The van der Waals surface area contributed by atoms with Crippen molar-refractivity contribution in [3.05, 3.63) is 11.1 Å². The molecule has 4 rings (SSSR count). The Kier molecular flexibility index (Phi) is 5.21. The molecule has 0 aliphatic carbocycles. The number of anilines is 1. The molecule has 8 nitrogen and oxygen atoms in total. The largest absolute Gasteiger partial charge is 0.340 e. The molecule has 3 saturated heterocycles. The second-order valence-corrected chi connectivity index (χ2v) is 10.5. The van der Waals surface area contributed by atoms with Gasteiger partial charge in [-0.05, 0) is 12.8 Å². The van der Waals surface area contributed by atoms with Crippen LogP contribution >= 0.6 is 11.3 Å². The van der Waals surface area contributed by atoms with Gasteiger partial charge in [-0.2, -0.15) is 0 Å². The zero-order valence-corrected chi connectivity index (χ0v) is 16.8. The van der Waals surface area contributed by atoms with Crippen LogP contribution in [0.1, 0.15) is 25.0 Å². The lowest BCUT2D eigenvalue weighted by Crippen LogP contribution is -2.52. The van der Waals surface area contributed by atoms with Crippen molar-refractivity contribution in [3.63, 3.8) is 0 Å². The maximum atomic E-state index is 12.6. The van der Waals surface area contributed by atoms with Gasteiger partial charge in [0.25, 0.3) is 0 Å². The number of hydrogen-bond acceptors (Lipinski definition) is 7. The van der Waals surface area contributed by atoms with Gasteiger partial charge >= 0.3 is 0 Å². The van der Waals surface area contributed by atoms with Crippen LogP contribution in [0.25, 0.3) is 0 Å². The molecule has 0 unspecified atom stereocenters. The Morgan fingerprint density at radius 1 is 1.22 bits per heavy atom. The summed E-state index contributed by atoms with van der Waals surface area (Å²) in [6, 6.07) is 0.103. The second kappa shape index (κ2) is 7.48. The van der Waals surface area contributed by atoms with E-state index in [9.17, 15) is 18.0 Å². The molecule has 1 aromatic rings. The van der Waals surface area contributed by atoms with Gasteiger partial charge in [-0.3, -0.25) is 19.4 Å². The topological polar surface area (TPSA) is 90.9 Å². The maximum Gasteiger partial charge on any atom is 0.228 e. The molecule has 3 aliphatic heterocycles. The zero-order chi connectivity index (χ0) is 19.0. The van der Waals surface area contributed by atoms with E-state index in [0.29, 0.717) is 43.3 Å². The third-order valence-corrected chi connectivity index (χ3v) is 8.23. The Labute approximate surface area is 163 Å². The Balaban J connectivity index is 1.29. The van der Waals surface area contributed by atoms with Gasteiger partial charge in [0, 0.05) is 50.6 Å². The summed E-state index contributed by atoms with van der Waals surface area (Å²) in [6.07, 6.45) is 2.38. The Hall–Kier alpha value is -1.52. The molecule has 0 aromatic carbocycles. The van der Waals surface area contributed by atoms with Crippen molar-refractivity contribution in [2.45, 2.75) is 31.7 Å². The molecule has 0 saturated carbocycles. The molecule has 0 radical (unpaired) electrons. The van der Waals surface area contributed by atoms with Gasteiger partial charge in [0.05, 0.1) is 23.6 Å². The summed E-state index contributed by atoms with van der Waals surface area (Å²) >= 11 is 1.41. The van der Waals surface area contributed by atoms with Crippen molar-refractivity contribution in [3.8, 4) is 0 Å². The molecule has 1 atom stereocenters. The molecule has 27 heavy (non-hydrogen) atoms. The number of hydrogen-bond donors (Lipinski definition) is 0. The van der Waals surface area contributed by atoms with Crippen LogP contribution in [-0.4, -0.2) is 85.3 Å². The van der Waals surface area contributed by atoms with E-state index < -0.39 is 9.84 Å². The minimum atomic E-state index is -2.88. The quantitative estimate of drug-likeness (QED) is 0.699. The highest BCUT2D eigenvalue weighted by atomic mass is 32.2. The van der Waals surface area contributed by atoms with Crippen LogP contribution in [0, 0.1) is 0 Å². The lowest BCUT2D eigenvalue weighted by Gasteiger charge is -2.37. The number of aromatic nitrogens is 1. The predicted octanol–water partition coefficient (Wildman–Crippen LogP) is 0.144. The van der Waals surface area contributed by atoms with E-state index in [1.54, 1.807) is 4.90 Å². The number of amides is 2. The van der Waals surface area contributed by atoms with Crippen molar-refractivity contribution < 1.29 is 18.0 Å². The number of rotatable bonds is 4. The van der Waals surface area contributed by atoms with Gasteiger partial charge in [0.2, 0.25) is 11.8 Å². The van der Waals surface area contributed by atoms with Crippen molar-refractivity contribution in [2.75, 3.05) is 49.1 Å². The fourth-order valence-corrected chi connectivity index (χ4v) is 6.65. The van der Waals surface area contributed by atoms with Crippen LogP contribution < -0.4 is 4.90 Å². The molecule has 148 valence electrons. The van der Waals surface area contributed by atoms with E-state index in [1.807, 2.05) is 10.3 Å². The first-order valence-electron chi connectivity index (χ1n) is 9.38. The molecule has 3 fully saturated rings. The standard InChI is InChI=1S/C17H24N4O4S2/c22-15-2-1-4-21(15)17-18-13(11-26-17)10-16(23)20-7-5-19(6-8-20)14-3-9-27(24,25)12-14/h11,14H,1-10,12H2/t14-/m1/s1. The third-order valence-electron chi connectivity index (χ3n) is 5.57. The van der Waals surface area contributed by atoms with Gasteiger partial charge in [0.1, 0.15) is 0 Å². The van der Waals surface area contributed by atoms with Gasteiger partial charge < -0.3 is 4.90 Å². The summed E-state index contributed by atoms with van der Waals surface area (Å²) in [7, 11) is -2.88. The van der Waals surface area contributed by atoms with Crippen LogP contribution in [0.2, 0.25) is 0 Å². The van der Waals surface area contributed by atoms with Crippen LogP contribution in [0.15, 0.2) is 5.38 Å². The van der Waals surface area contributed by atoms with Crippen LogP contribution in [-0.2, 0) is 25.8 Å². The fraction of sp³-hybridized carbons (Fsp3) is 0.706. The average molecular weight is 413 g/mol. The van der Waals surface area contributed by atoms with Gasteiger partial charge in [-0.15, -0.1) is 11.3 Å². The smallest absolute Gasteiger partial charge is 0.228 e. The number of carbonyl (C=O) groups excluding carboxylic acids is 2. The molecule has 1 aromatic heterocycles. The van der Waals surface area contributed by atoms with E-state index in [2.05, 4.69) is 9.88 Å². The number of sulfone groups is 1. The number of nitrogens with zero attached hydrogens (tertiary/aromatic N) is 4. The van der Waals surface area contributed by atoms with E-state index in [0.717, 1.165) is 19.5 Å². The van der Waals surface area contributed by atoms with Gasteiger partial charge in [0.15, 0.2) is 15.0 Å².